The highest BCUT2D eigenvalue weighted by molar-refractivity contribution is 5.12. The summed E-state index contributed by atoms with van der Waals surface area (Å²) in [4.78, 5) is 0. The smallest absolute Gasteiger partial charge is 0.0910 e. The molecule has 4 aliphatic rings. The SMILES string of the molecule is CC1CCCC2C1CC[C@@]13C[C@@H](CCC21)C(O)(CO)C3. The second-order valence-electron chi connectivity index (χ2n) is 8.66. The Morgan fingerprint density at radius 2 is 1.90 bits per heavy atom. The molecule has 2 heteroatoms. The quantitative estimate of drug-likeness (QED) is 0.772. The highest BCUT2D eigenvalue weighted by atomic mass is 16.3. The topological polar surface area (TPSA) is 40.5 Å². The highest BCUT2D eigenvalue weighted by Gasteiger charge is 2.62. The van der Waals surface area contributed by atoms with Crippen LogP contribution in [-0.2, 0) is 0 Å². The normalized spacial score (nSPS) is 58.0. The van der Waals surface area contributed by atoms with E-state index in [1.807, 2.05) is 0 Å². The monoisotopic (exact) mass is 278 g/mol. The van der Waals surface area contributed by atoms with Crippen molar-refractivity contribution in [3.05, 3.63) is 0 Å². The average molecular weight is 278 g/mol. The van der Waals surface area contributed by atoms with Crippen molar-refractivity contribution in [1.29, 1.82) is 0 Å². The number of aliphatic hydroxyl groups excluding tert-OH is 1. The van der Waals surface area contributed by atoms with Gasteiger partial charge in [0.05, 0.1) is 12.2 Å². The van der Waals surface area contributed by atoms with Crippen molar-refractivity contribution >= 4 is 0 Å². The van der Waals surface area contributed by atoms with E-state index in [4.69, 9.17) is 0 Å². The first-order chi connectivity index (χ1) is 9.58. The summed E-state index contributed by atoms with van der Waals surface area (Å²) in [5, 5.41) is 20.5. The minimum absolute atomic E-state index is 0.0172. The molecule has 0 aliphatic heterocycles. The molecule has 0 amide bonds. The van der Waals surface area contributed by atoms with Gasteiger partial charge >= 0.3 is 0 Å². The first kappa shape index (κ1) is 13.6. The largest absolute Gasteiger partial charge is 0.393 e. The summed E-state index contributed by atoms with van der Waals surface area (Å²) >= 11 is 0. The van der Waals surface area contributed by atoms with E-state index in [-0.39, 0.29) is 6.61 Å². The highest BCUT2D eigenvalue weighted by Crippen LogP contribution is 2.67. The maximum atomic E-state index is 10.8. The molecule has 0 saturated heterocycles. The number of rotatable bonds is 1. The molecular weight excluding hydrogens is 248 g/mol. The summed E-state index contributed by atoms with van der Waals surface area (Å²) < 4.78 is 0. The van der Waals surface area contributed by atoms with Crippen LogP contribution in [0.5, 0.6) is 0 Å². The molecule has 7 atom stereocenters. The van der Waals surface area contributed by atoms with Crippen LogP contribution in [0.25, 0.3) is 0 Å². The Kier molecular flexibility index (Phi) is 3.03. The zero-order valence-corrected chi connectivity index (χ0v) is 12.9. The maximum Gasteiger partial charge on any atom is 0.0910 e. The number of hydrogen-bond acceptors (Lipinski definition) is 2. The van der Waals surface area contributed by atoms with Gasteiger partial charge in [0, 0.05) is 0 Å². The molecule has 4 rings (SSSR count). The van der Waals surface area contributed by atoms with Crippen LogP contribution in [0.1, 0.15) is 64.7 Å². The molecule has 4 aliphatic carbocycles. The predicted octanol–water partition coefficient (Wildman–Crippen LogP) is 3.36. The third-order valence-electron chi connectivity index (χ3n) is 7.93. The summed E-state index contributed by atoms with van der Waals surface area (Å²) in [5.41, 5.74) is -0.361. The van der Waals surface area contributed by atoms with E-state index >= 15 is 0 Å². The van der Waals surface area contributed by atoms with Gasteiger partial charge < -0.3 is 10.2 Å². The summed E-state index contributed by atoms with van der Waals surface area (Å²) in [6.45, 7) is 2.45. The third kappa shape index (κ3) is 1.70. The number of aliphatic hydroxyl groups is 2. The van der Waals surface area contributed by atoms with E-state index in [0.29, 0.717) is 11.3 Å². The second-order valence-corrected chi connectivity index (χ2v) is 8.66. The molecule has 1 spiro atoms. The van der Waals surface area contributed by atoms with Crippen molar-refractivity contribution in [3.63, 3.8) is 0 Å². The fourth-order valence-corrected chi connectivity index (χ4v) is 7.05. The molecular formula is C18H30O2. The van der Waals surface area contributed by atoms with Crippen LogP contribution in [0.2, 0.25) is 0 Å². The molecule has 4 saturated carbocycles. The van der Waals surface area contributed by atoms with Crippen molar-refractivity contribution in [2.24, 2.45) is 35.0 Å². The van der Waals surface area contributed by atoms with Crippen LogP contribution < -0.4 is 0 Å². The zero-order chi connectivity index (χ0) is 14.0. The molecule has 4 fully saturated rings. The van der Waals surface area contributed by atoms with Crippen LogP contribution in [0.3, 0.4) is 0 Å². The molecule has 0 heterocycles. The lowest BCUT2D eigenvalue weighted by molar-refractivity contribution is -0.0615. The van der Waals surface area contributed by atoms with Gasteiger partial charge in [0.2, 0.25) is 0 Å². The summed E-state index contributed by atoms with van der Waals surface area (Å²) in [6, 6.07) is 0. The molecule has 0 aromatic heterocycles. The third-order valence-corrected chi connectivity index (χ3v) is 7.93. The molecule has 5 unspecified atom stereocenters. The Bertz CT molecular complexity index is 395. The Morgan fingerprint density at radius 3 is 2.70 bits per heavy atom. The summed E-state index contributed by atoms with van der Waals surface area (Å²) in [5.74, 6) is 4.03. The van der Waals surface area contributed by atoms with E-state index in [1.54, 1.807) is 0 Å². The Labute approximate surface area is 123 Å². The molecule has 0 aromatic carbocycles. The van der Waals surface area contributed by atoms with Crippen LogP contribution >= 0.6 is 0 Å². The molecule has 20 heavy (non-hydrogen) atoms. The fraction of sp³-hybridized carbons (Fsp3) is 1.00. The van der Waals surface area contributed by atoms with E-state index in [0.717, 1.165) is 36.5 Å². The molecule has 2 bridgehead atoms. The lowest BCUT2D eigenvalue weighted by Gasteiger charge is -2.55. The van der Waals surface area contributed by atoms with Gasteiger partial charge in [0.15, 0.2) is 0 Å². The fourth-order valence-electron chi connectivity index (χ4n) is 7.05. The Hall–Kier alpha value is -0.0800. The van der Waals surface area contributed by atoms with Crippen molar-refractivity contribution in [3.8, 4) is 0 Å². The van der Waals surface area contributed by atoms with Gasteiger partial charge in [-0.05, 0) is 80.0 Å². The van der Waals surface area contributed by atoms with Gasteiger partial charge in [0.25, 0.3) is 0 Å². The van der Waals surface area contributed by atoms with Crippen molar-refractivity contribution < 1.29 is 10.2 Å². The average Bonchev–Trinajstić information content (AvgIpc) is 2.66. The lowest BCUT2D eigenvalue weighted by atomic mass is 9.50. The summed E-state index contributed by atoms with van der Waals surface area (Å²) in [6.07, 6.45) is 11.6. The standard InChI is InChI=1S/C18H30O2/c1-12-3-2-4-15-14(12)7-8-17-9-13(5-6-16(15)17)18(20,10-17)11-19/h12-16,19-20H,2-11H2,1H3/t12?,13-,14?,15?,16?,17+,18?/m1/s1. The van der Waals surface area contributed by atoms with Gasteiger partial charge in [0.1, 0.15) is 0 Å². The van der Waals surface area contributed by atoms with Crippen LogP contribution in [0, 0.1) is 35.0 Å². The van der Waals surface area contributed by atoms with Gasteiger partial charge in [-0.1, -0.05) is 19.8 Å². The maximum absolute atomic E-state index is 10.8. The Balaban J connectivity index is 1.64. The summed E-state index contributed by atoms with van der Waals surface area (Å²) in [7, 11) is 0. The van der Waals surface area contributed by atoms with E-state index < -0.39 is 5.60 Å². The van der Waals surface area contributed by atoms with E-state index in [9.17, 15) is 10.2 Å². The van der Waals surface area contributed by atoms with E-state index in [1.165, 1.54) is 44.9 Å². The van der Waals surface area contributed by atoms with Gasteiger partial charge in [-0.25, -0.2) is 0 Å². The van der Waals surface area contributed by atoms with Gasteiger partial charge in [-0.3, -0.25) is 0 Å². The first-order valence-electron chi connectivity index (χ1n) is 8.91. The molecule has 0 aromatic rings. The van der Waals surface area contributed by atoms with E-state index in [2.05, 4.69) is 6.92 Å². The van der Waals surface area contributed by atoms with Crippen LogP contribution in [-0.4, -0.2) is 22.4 Å². The van der Waals surface area contributed by atoms with Crippen LogP contribution in [0.4, 0.5) is 0 Å². The second kappa shape index (κ2) is 4.46. The predicted molar refractivity (Wildman–Crippen MR) is 79.1 cm³/mol. The number of fused-ring (bicyclic) bond motifs is 3. The number of hydrogen-bond donors (Lipinski definition) is 2. The zero-order valence-electron chi connectivity index (χ0n) is 12.9. The molecule has 2 N–H and O–H groups in total. The Morgan fingerprint density at radius 1 is 1.05 bits per heavy atom. The molecule has 2 nitrogen and oxygen atoms in total. The van der Waals surface area contributed by atoms with Crippen molar-refractivity contribution in [2.75, 3.05) is 6.61 Å². The van der Waals surface area contributed by atoms with Crippen molar-refractivity contribution in [1.82, 2.24) is 0 Å². The van der Waals surface area contributed by atoms with Crippen LogP contribution in [0.15, 0.2) is 0 Å². The lowest BCUT2D eigenvalue weighted by Crippen LogP contribution is -2.46. The molecule has 114 valence electrons. The molecule has 0 radical (unpaired) electrons. The van der Waals surface area contributed by atoms with Gasteiger partial charge in [-0.15, -0.1) is 0 Å². The van der Waals surface area contributed by atoms with Gasteiger partial charge in [-0.2, -0.15) is 0 Å². The minimum Gasteiger partial charge on any atom is -0.393 e. The minimum atomic E-state index is -0.748. The van der Waals surface area contributed by atoms with Crippen molar-refractivity contribution in [2.45, 2.75) is 70.3 Å². The first-order valence-corrected chi connectivity index (χ1v) is 8.91.